The van der Waals surface area contributed by atoms with Crippen LogP contribution in [0.5, 0.6) is 0 Å². The lowest BCUT2D eigenvalue weighted by molar-refractivity contribution is 0.289. The van der Waals surface area contributed by atoms with E-state index in [0.29, 0.717) is 11.3 Å². The molecule has 0 radical (unpaired) electrons. The number of aliphatic hydroxyl groups excluding tert-OH is 1. The van der Waals surface area contributed by atoms with Crippen molar-refractivity contribution in [3.63, 3.8) is 0 Å². The van der Waals surface area contributed by atoms with Gasteiger partial charge in [0.2, 0.25) is 0 Å². The van der Waals surface area contributed by atoms with Gasteiger partial charge in [0.1, 0.15) is 0 Å². The molecule has 2 N–H and O–H groups in total. The molecule has 2 nitrogen and oxygen atoms in total. The molecule has 3 heteroatoms. The maximum Gasteiger partial charge on any atom is 0.0441 e. The maximum absolute atomic E-state index is 8.93. The third-order valence-corrected chi connectivity index (χ3v) is 4.17. The number of hydrogen-bond donors (Lipinski definition) is 2. The molecule has 1 atom stereocenters. The highest BCUT2D eigenvalue weighted by Crippen LogP contribution is 2.28. The van der Waals surface area contributed by atoms with Gasteiger partial charge in [-0.25, -0.2) is 0 Å². The van der Waals surface area contributed by atoms with Crippen LogP contribution in [0.1, 0.15) is 38.3 Å². The Morgan fingerprint density at radius 1 is 1.28 bits per heavy atom. The molecule has 0 amide bonds. The SMILES string of the molecule is Cc1cc(CNC(C)C)ccc1SC(C)CCO. The Kier molecular flexibility index (Phi) is 6.76. The Balaban J connectivity index is 2.61. The molecule has 0 aliphatic rings. The summed E-state index contributed by atoms with van der Waals surface area (Å²) in [7, 11) is 0. The minimum absolute atomic E-state index is 0.267. The second kappa shape index (κ2) is 7.82. The van der Waals surface area contributed by atoms with Gasteiger partial charge in [-0.2, -0.15) is 0 Å². The van der Waals surface area contributed by atoms with Crippen molar-refractivity contribution >= 4 is 11.8 Å². The summed E-state index contributed by atoms with van der Waals surface area (Å²) >= 11 is 1.85. The minimum Gasteiger partial charge on any atom is -0.396 e. The summed E-state index contributed by atoms with van der Waals surface area (Å²) < 4.78 is 0. The molecule has 0 spiro atoms. The van der Waals surface area contributed by atoms with E-state index in [-0.39, 0.29) is 6.61 Å². The third kappa shape index (κ3) is 5.42. The maximum atomic E-state index is 8.93. The summed E-state index contributed by atoms with van der Waals surface area (Å²) in [4.78, 5) is 1.32. The molecule has 0 aliphatic heterocycles. The fraction of sp³-hybridized carbons (Fsp3) is 0.600. The van der Waals surface area contributed by atoms with Crippen LogP contribution in [0.4, 0.5) is 0 Å². The van der Waals surface area contributed by atoms with E-state index in [4.69, 9.17) is 5.11 Å². The van der Waals surface area contributed by atoms with Crippen LogP contribution in [0.2, 0.25) is 0 Å². The summed E-state index contributed by atoms with van der Waals surface area (Å²) in [6.07, 6.45) is 0.848. The van der Waals surface area contributed by atoms with Crippen LogP contribution in [0.15, 0.2) is 23.1 Å². The average molecular weight is 267 g/mol. The summed E-state index contributed by atoms with van der Waals surface area (Å²) in [6.45, 7) is 9.84. The van der Waals surface area contributed by atoms with Crippen molar-refractivity contribution < 1.29 is 5.11 Å². The van der Waals surface area contributed by atoms with E-state index in [1.807, 2.05) is 11.8 Å². The average Bonchev–Trinajstić information content (AvgIpc) is 2.30. The van der Waals surface area contributed by atoms with E-state index < -0.39 is 0 Å². The lowest BCUT2D eigenvalue weighted by Gasteiger charge is -2.14. The monoisotopic (exact) mass is 267 g/mol. The van der Waals surface area contributed by atoms with E-state index in [0.717, 1.165) is 13.0 Å². The Morgan fingerprint density at radius 3 is 2.56 bits per heavy atom. The van der Waals surface area contributed by atoms with Crippen molar-refractivity contribution in [2.45, 2.75) is 56.8 Å². The minimum atomic E-state index is 0.267. The molecule has 102 valence electrons. The molecule has 0 aromatic heterocycles. The van der Waals surface area contributed by atoms with Crippen molar-refractivity contribution in [2.24, 2.45) is 0 Å². The van der Waals surface area contributed by atoms with Gasteiger partial charge < -0.3 is 10.4 Å². The zero-order valence-corrected chi connectivity index (χ0v) is 12.7. The molecule has 1 unspecified atom stereocenters. The van der Waals surface area contributed by atoms with E-state index >= 15 is 0 Å². The number of aryl methyl sites for hydroxylation is 1. The highest BCUT2D eigenvalue weighted by molar-refractivity contribution is 8.00. The number of hydrogen-bond acceptors (Lipinski definition) is 3. The van der Waals surface area contributed by atoms with E-state index in [2.05, 4.69) is 51.2 Å². The van der Waals surface area contributed by atoms with Crippen molar-refractivity contribution in [3.8, 4) is 0 Å². The second-order valence-corrected chi connectivity index (χ2v) is 6.56. The van der Waals surface area contributed by atoms with Crippen LogP contribution >= 0.6 is 11.8 Å². The summed E-state index contributed by atoms with van der Waals surface area (Å²) in [6, 6.07) is 7.16. The van der Waals surface area contributed by atoms with Gasteiger partial charge in [-0.1, -0.05) is 32.9 Å². The molecular formula is C15H25NOS. The van der Waals surface area contributed by atoms with Crippen LogP contribution in [-0.2, 0) is 6.54 Å². The summed E-state index contributed by atoms with van der Waals surface area (Å²) in [5, 5.41) is 12.8. The first-order valence-corrected chi connectivity index (χ1v) is 7.51. The Labute approximate surface area is 115 Å². The standard InChI is InChI=1S/C15H25NOS/c1-11(2)16-10-14-5-6-15(12(3)9-14)18-13(4)7-8-17/h5-6,9,11,13,16-17H,7-8,10H2,1-4H3. The highest BCUT2D eigenvalue weighted by atomic mass is 32.2. The largest absolute Gasteiger partial charge is 0.396 e. The first kappa shape index (κ1) is 15.5. The lowest BCUT2D eigenvalue weighted by Crippen LogP contribution is -2.21. The van der Waals surface area contributed by atoms with E-state index in [9.17, 15) is 0 Å². The van der Waals surface area contributed by atoms with Crippen molar-refractivity contribution in [2.75, 3.05) is 6.61 Å². The first-order valence-electron chi connectivity index (χ1n) is 6.63. The molecule has 0 bridgehead atoms. The smallest absolute Gasteiger partial charge is 0.0441 e. The predicted octanol–water partition coefficient (Wildman–Crippen LogP) is 3.36. The number of nitrogens with one attached hydrogen (secondary N) is 1. The van der Waals surface area contributed by atoms with Crippen molar-refractivity contribution in [3.05, 3.63) is 29.3 Å². The van der Waals surface area contributed by atoms with Gasteiger partial charge >= 0.3 is 0 Å². The van der Waals surface area contributed by atoms with Gasteiger partial charge in [-0.05, 0) is 30.5 Å². The normalized spacial score (nSPS) is 13.0. The van der Waals surface area contributed by atoms with Gasteiger partial charge in [0.15, 0.2) is 0 Å². The zero-order valence-electron chi connectivity index (χ0n) is 11.9. The molecule has 0 fully saturated rings. The second-order valence-electron chi connectivity index (χ2n) is 5.08. The fourth-order valence-corrected chi connectivity index (χ4v) is 2.78. The van der Waals surface area contributed by atoms with E-state index in [1.165, 1.54) is 16.0 Å². The van der Waals surface area contributed by atoms with E-state index in [1.54, 1.807) is 0 Å². The Morgan fingerprint density at radius 2 is 2.00 bits per heavy atom. The highest BCUT2D eigenvalue weighted by Gasteiger charge is 2.07. The van der Waals surface area contributed by atoms with Gasteiger partial charge in [0, 0.05) is 29.3 Å². The van der Waals surface area contributed by atoms with Crippen LogP contribution in [0.25, 0.3) is 0 Å². The Hall–Kier alpha value is -0.510. The number of benzene rings is 1. The quantitative estimate of drug-likeness (QED) is 0.743. The van der Waals surface area contributed by atoms with Gasteiger partial charge in [-0.15, -0.1) is 11.8 Å². The predicted molar refractivity (Wildman–Crippen MR) is 80.2 cm³/mol. The number of aliphatic hydroxyl groups is 1. The van der Waals surface area contributed by atoms with Crippen molar-refractivity contribution in [1.82, 2.24) is 5.32 Å². The van der Waals surface area contributed by atoms with Gasteiger partial charge in [-0.3, -0.25) is 0 Å². The molecule has 18 heavy (non-hydrogen) atoms. The van der Waals surface area contributed by atoms with Crippen LogP contribution in [0.3, 0.4) is 0 Å². The van der Waals surface area contributed by atoms with Crippen molar-refractivity contribution in [1.29, 1.82) is 0 Å². The van der Waals surface area contributed by atoms with Gasteiger partial charge in [0.25, 0.3) is 0 Å². The lowest BCUT2D eigenvalue weighted by atomic mass is 10.1. The molecule has 1 rings (SSSR count). The molecule has 1 aromatic carbocycles. The molecule has 1 aromatic rings. The van der Waals surface area contributed by atoms with Crippen LogP contribution in [0, 0.1) is 6.92 Å². The third-order valence-electron chi connectivity index (χ3n) is 2.82. The first-order chi connectivity index (χ1) is 8.52. The van der Waals surface area contributed by atoms with Crippen LogP contribution in [-0.4, -0.2) is 23.0 Å². The fourth-order valence-electron chi connectivity index (χ4n) is 1.73. The molecule has 0 aliphatic carbocycles. The molecule has 0 heterocycles. The molecule has 0 saturated heterocycles. The zero-order chi connectivity index (χ0) is 13.5. The van der Waals surface area contributed by atoms with Crippen LogP contribution < -0.4 is 5.32 Å². The Bertz CT molecular complexity index is 366. The number of thioether (sulfide) groups is 1. The molecule has 0 saturated carbocycles. The number of rotatable bonds is 7. The van der Waals surface area contributed by atoms with Gasteiger partial charge in [0.05, 0.1) is 0 Å². The summed E-state index contributed by atoms with van der Waals surface area (Å²) in [5.41, 5.74) is 2.66. The molecular weight excluding hydrogens is 242 g/mol. The summed E-state index contributed by atoms with van der Waals surface area (Å²) in [5.74, 6) is 0. The topological polar surface area (TPSA) is 32.3 Å².